The second kappa shape index (κ2) is 7.93. The lowest BCUT2D eigenvalue weighted by Crippen LogP contribution is -2.42. The predicted octanol–water partition coefficient (Wildman–Crippen LogP) is 2.14. The number of anilines is 2. The highest BCUT2D eigenvalue weighted by Crippen LogP contribution is 2.30. The van der Waals surface area contributed by atoms with Gasteiger partial charge in [0.05, 0.1) is 18.4 Å². The van der Waals surface area contributed by atoms with Gasteiger partial charge in [0.1, 0.15) is 0 Å². The standard InChI is InChI=1S/C20H22N5O3/c21-18(27)15-3-1-14(2-4-15)16-11-22-19-20(24-16)25(17(26)12-23-19)8-5-13-6-9-28-10-7-13/h1-4,11,13,21H,5-10,12H2,(H,22,23). The van der Waals surface area contributed by atoms with Crippen molar-refractivity contribution in [3.63, 3.8) is 0 Å². The van der Waals surface area contributed by atoms with Crippen molar-refractivity contribution in [2.45, 2.75) is 19.3 Å². The van der Waals surface area contributed by atoms with Crippen molar-refractivity contribution in [1.29, 1.82) is 0 Å². The average Bonchev–Trinajstić information content (AvgIpc) is 2.73. The Morgan fingerprint density at radius 3 is 2.71 bits per heavy atom. The molecule has 2 amide bonds. The summed E-state index contributed by atoms with van der Waals surface area (Å²) in [6.45, 7) is 2.41. The largest absolute Gasteiger partial charge is 0.381 e. The van der Waals surface area contributed by atoms with E-state index in [0.717, 1.165) is 38.0 Å². The van der Waals surface area contributed by atoms with Crippen LogP contribution in [0.1, 0.15) is 29.6 Å². The fraction of sp³-hybridized carbons (Fsp3) is 0.400. The van der Waals surface area contributed by atoms with Crippen molar-refractivity contribution in [3.05, 3.63) is 36.0 Å². The molecule has 2 aliphatic rings. The summed E-state index contributed by atoms with van der Waals surface area (Å²) in [6.07, 6.45) is 4.62. The van der Waals surface area contributed by atoms with Gasteiger partial charge in [0.2, 0.25) is 5.91 Å². The summed E-state index contributed by atoms with van der Waals surface area (Å²) < 4.78 is 5.41. The maximum Gasteiger partial charge on any atom is 0.269 e. The first-order valence-corrected chi connectivity index (χ1v) is 9.47. The zero-order valence-electron chi connectivity index (χ0n) is 15.5. The zero-order valence-corrected chi connectivity index (χ0v) is 15.5. The molecule has 8 heteroatoms. The number of carbonyl (C=O) groups excluding carboxylic acids is 2. The minimum Gasteiger partial charge on any atom is -0.381 e. The van der Waals surface area contributed by atoms with Crippen LogP contribution in [0.5, 0.6) is 0 Å². The van der Waals surface area contributed by atoms with Crippen LogP contribution in [-0.2, 0) is 9.53 Å². The molecule has 3 heterocycles. The van der Waals surface area contributed by atoms with Crippen LogP contribution in [0.4, 0.5) is 11.6 Å². The summed E-state index contributed by atoms with van der Waals surface area (Å²) in [5.41, 5.74) is 8.90. The first-order valence-electron chi connectivity index (χ1n) is 9.47. The molecular formula is C20H22N5O3. The Labute approximate surface area is 163 Å². The molecule has 0 bridgehead atoms. The second-order valence-electron chi connectivity index (χ2n) is 7.08. The molecule has 1 aromatic carbocycles. The van der Waals surface area contributed by atoms with Gasteiger partial charge in [-0.25, -0.2) is 9.97 Å². The van der Waals surface area contributed by atoms with Crippen LogP contribution in [0.25, 0.3) is 11.3 Å². The first kappa shape index (κ1) is 18.4. The molecule has 0 aliphatic carbocycles. The Morgan fingerprint density at radius 2 is 2.00 bits per heavy atom. The third-order valence-corrected chi connectivity index (χ3v) is 5.26. The molecule has 1 radical (unpaired) electrons. The fourth-order valence-electron chi connectivity index (χ4n) is 3.57. The van der Waals surface area contributed by atoms with Crippen molar-refractivity contribution in [1.82, 2.24) is 15.7 Å². The van der Waals surface area contributed by atoms with Crippen molar-refractivity contribution in [2.75, 3.05) is 36.5 Å². The van der Waals surface area contributed by atoms with E-state index in [1.807, 2.05) is 0 Å². The third-order valence-electron chi connectivity index (χ3n) is 5.26. The van der Waals surface area contributed by atoms with Gasteiger partial charge in [0, 0.05) is 30.9 Å². The van der Waals surface area contributed by atoms with E-state index in [1.54, 1.807) is 35.4 Å². The molecule has 8 nitrogen and oxygen atoms in total. The van der Waals surface area contributed by atoms with E-state index >= 15 is 0 Å². The lowest BCUT2D eigenvalue weighted by atomic mass is 9.96. The Kier molecular flexibility index (Phi) is 5.21. The van der Waals surface area contributed by atoms with E-state index in [2.05, 4.69) is 15.3 Å². The topological polar surface area (TPSA) is 108 Å². The molecule has 4 rings (SSSR count). The highest BCUT2D eigenvalue weighted by Gasteiger charge is 2.28. The van der Waals surface area contributed by atoms with Crippen LogP contribution in [0.3, 0.4) is 0 Å². The summed E-state index contributed by atoms with van der Waals surface area (Å²) in [5.74, 6) is 0.971. The monoisotopic (exact) mass is 380 g/mol. The number of benzene rings is 1. The van der Waals surface area contributed by atoms with Crippen LogP contribution < -0.4 is 16.0 Å². The molecular weight excluding hydrogens is 358 g/mol. The van der Waals surface area contributed by atoms with Gasteiger partial charge >= 0.3 is 0 Å². The van der Waals surface area contributed by atoms with E-state index < -0.39 is 5.91 Å². The number of fused-ring (bicyclic) bond motifs is 1. The third kappa shape index (κ3) is 3.82. The molecule has 1 aromatic heterocycles. The molecule has 1 saturated heterocycles. The van der Waals surface area contributed by atoms with Crippen molar-refractivity contribution >= 4 is 23.5 Å². The minimum atomic E-state index is -0.725. The molecule has 2 N–H and O–H groups in total. The normalized spacial score (nSPS) is 17.1. The molecule has 1 fully saturated rings. The van der Waals surface area contributed by atoms with Gasteiger partial charge in [-0.3, -0.25) is 20.2 Å². The van der Waals surface area contributed by atoms with Crippen LogP contribution >= 0.6 is 0 Å². The number of amides is 2. The summed E-state index contributed by atoms with van der Waals surface area (Å²) in [5, 5.41) is 3.03. The fourth-order valence-corrected chi connectivity index (χ4v) is 3.57. The van der Waals surface area contributed by atoms with E-state index in [1.165, 1.54) is 0 Å². The molecule has 145 valence electrons. The van der Waals surface area contributed by atoms with Crippen molar-refractivity contribution in [3.8, 4) is 11.3 Å². The molecule has 28 heavy (non-hydrogen) atoms. The molecule has 0 spiro atoms. The van der Waals surface area contributed by atoms with Crippen LogP contribution in [-0.4, -0.2) is 48.1 Å². The van der Waals surface area contributed by atoms with Gasteiger partial charge in [-0.05, 0) is 37.3 Å². The Bertz CT molecular complexity index is 878. The van der Waals surface area contributed by atoms with Crippen molar-refractivity contribution < 1.29 is 14.3 Å². The number of hydrogen-bond donors (Lipinski definition) is 1. The SMILES string of the molecule is [NH]C(=O)c1ccc(-c2cnc3c(n2)N(CCC2CCOCC2)C(=O)CN3)cc1. The smallest absolute Gasteiger partial charge is 0.269 e. The number of nitrogens with one attached hydrogen (secondary N) is 2. The van der Waals surface area contributed by atoms with Gasteiger partial charge in [0.15, 0.2) is 11.6 Å². The molecule has 2 aliphatic heterocycles. The zero-order chi connectivity index (χ0) is 19.5. The number of aromatic nitrogens is 2. The first-order chi connectivity index (χ1) is 13.6. The average molecular weight is 380 g/mol. The summed E-state index contributed by atoms with van der Waals surface area (Å²) in [4.78, 5) is 34.5. The maximum absolute atomic E-state index is 12.5. The van der Waals surface area contributed by atoms with E-state index in [0.29, 0.717) is 35.4 Å². The van der Waals surface area contributed by atoms with Gasteiger partial charge in [-0.1, -0.05) is 12.1 Å². The molecule has 0 atom stereocenters. The Balaban J connectivity index is 1.57. The number of hydrogen-bond acceptors (Lipinski definition) is 6. The molecule has 0 unspecified atom stereocenters. The summed E-state index contributed by atoms with van der Waals surface area (Å²) in [7, 11) is 0. The quantitative estimate of drug-likeness (QED) is 0.851. The summed E-state index contributed by atoms with van der Waals surface area (Å²) >= 11 is 0. The highest BCUT2D eigenvalue weighted by molar-refractivity contribution is 6.01. The number of ether oxygens (including phenoxy) is 1. The summed E-state index contributed by atoms with van der Waals surface area (Å²) in [6, 6.07) is 6.67. The van der Waals surface area contributed by atoms with Gasteiger partial charge < -0.3 is 10.1 Å². The lowest BCUT2D eigenvalue weighted by Gasteiger charge is -2.30. The van der Waals surface area contributed by atoms with E-state index in [4.69, 9.17) is 10.5 Å². The number of nitrogens with zero attached hydrogens (tertiary/aromatic N) is 3. The highest BCUT2D eigenvalue weighted by atomic mass is 16.5. The van der Waals surface area contributed by atoms with Crippen molar-refractivity contribution in [2.24, 2.45) is 5.92 Å². The van der Waals surface area contributed by atoms with E-state index in [9.17, 15) is 9.59 Å². The number of carbonyl (C=O) groups is 2. The maximum atomic E-state index is 12.5. The Hall–Kier alpha value is -3.00. The van der Waals surface area contributed by atoms with Gasteiger partial charge in [-0.15, -0.1) is 0 Å². The van der Waals surface area contributed by atoms with Gasteiger partial charge in [-0.2, -0.15) is 0 Å². The van der Waals surface area contributed by atoms with Gasteiger partial charge in [0.25, 0.3) is 5.91 Å². The predicted molar refractivity (Wildman–Crippen MR) is 104 cm³/mol. The molecule has 0 saturated carbocycles. The van der Waals surface area contributed by atoms with Crippen LogP contribution in [0, 0.1) is 5.92 Å². The minimum absolute atomic E-state index is 0.0128. The van der Waals surface area contributed by atoms with Crippen LogP contribution in [0.15, 0.2) is 30.5 Å². The lowest BCUT2D eigenvalue weighted by molar-refractivity contribution is -0.117. The molecule has 2 aromatic rings. The van der Waals surface area contributed by atoms with Crippen LogP contribution in [0.2, 0.25) is 0 Å². The number of rotatable bonds is 5. The Morgan fingerprint density at radius 1 is 1.25 bits per heavy atom. The van der Waals surface area contributed by atoms with E-state index in [-0.39, 0.29) is 12.5 Å². The second-order valence-corrected chi connectivity index (χ2v) is 7.08.